The van der Waals surface area contributed by atoms with E-state index in [-0.39, 0.29) is 17.7 Å². The van der Waals surface area contributed by atoms with Crippen molar-refractivity contribution in [3.8, 4) is 0 Å². The average molecular weight is 433 g/mol. The molecule has 158 valence electrons. The van der Waals surface area contributed by atoms with Gasteiger partial charge in [-0.1, -0.05) is 59.9 Å². The molecule has 3 aliphatic rings. The summed E-state index contributed by atoms with van der Waals surface area (Å²) in [6, 6.07) is 16.9. The fourth-order valence-electron chi connectivity index (χ4n) is 5.27. The highest BCUT2D eigenvalue weighted by Gasteiger charge is 2.54. The summed E-state index contributed by atoms with van der Waals surface area (Å²) in [6.07, 6.45) is 0.743. The first kappa shape index (κ1) is 19.9. The quantitative estimate of drug-likeness (QED) is 0.572. The molecule has 0 saturated carbocycles. The van der Waals surface area contributed by atoms with Gasteiger partial charge >= 0.3 is 5.97 Å². The maximum absolute atomic E-state index is 13.7. The van der Waals surface area contributed by atoms with Crippen molar-refractivity contribution in [3.63, 3.8) is 0 Å². The van der Waals surface area contributed by atoms with Gasteiger partial charge in [0.1, 0.15) is 4.88 Å². The molecule has 31 heavy (non-hydrogen) atoms. The van der Waals surface area contributed by atoms with Crippen LogP contribution in [0.4, 0.5) is 5.13 Å². The Labute approximate surface area is 185 Å². The lowest BCUT2D eigenvalue weighted by Crippen LogP contribution is -2.47. The minimum Gasteiger partial charge on any atom is -0.462 e. The smallest absolute Gasteiger partial charge is 0.350 e. The number of carbonyl (C=O) groups is 2. The molecule has 2 bridgehead atoms. The molecule has 0 fully saturated rings. The molecule has 0 aliphatic heterocycles. The number of esters is 1. The third-order valence-electron chi connectivity index (χ3n) is 6.63. The lowest BCUT2D eigenvalue weighted by Gasteiger charge is -2.50. The number of hydrogen-bond donors (Lipinski definition) is 1. The van der Waals surface area contributed by atoms with E-state index in [1.165, 1.54) is 33.6 Å². The lowest BCUT2D eigenvalue weighted by molar-refractivity contribution is -0.126. The molecule has 0 spiro atoms. The first-order chi connectivity index (χ1) is 14.9. The van der Waals surface area contributed by atoms with Crippen LogP contribution in [0.5, 0.6) is 0 Å². The molecule has 1 amide bonds. The minimum atomic E-state index is -0.614. The fourth-order valence-corrected chi connectivity index (χ4v) is 6.12. The van der Waals surface area contributed by atoms with Crippen LogP contribution in [0.2, 0.25) is 0 Å². The number of hydrogen-bond acceptors (Lipinski definition) is 5. The summed E-state index contributed by atoms with van der Waals surface area (Å²) in [5.41, 5.74) is 5.08. The fraction of sp³-hybridized carbons (Fsp3) is 0.320. The van der Waals surface area contributed by atoms with Gasteiger partial charge in [-0.05, 0) is 49.4 Å². The van der Waals surface area contributed by atoms with Crippen molar-refractivity contribution >= 4 is 28.3 Å². The second-order valence-corrected chi connectivity index (χ2v) is 9.47. The van der Waals surface area contributed by atoms with Crippen LogP contribution in [0.3, 0.4) is 0 Å². The standard InChI is InChI=1S/C25H24N2O3S/c1-4-30-22(28)21-14(2)26-24(31-21)27-23(29)25(3)13-19-15-9-5-7-11-17(15)20(25)18-12-8-6-10-16(18)19/h5-12,19-20H,4,13H2,1-3H3,(H,26,27,29). The number of thiazole rings is 1. The highest BCUT2D eigenvalue weighted by atomic mass is 32.1. The molecule has 1 unspecified atom stereocenters. The highest BCUT2D eigenvalue weighted by Crippen LogP contribution is 2.61. The molecule has 3 aliphatic carbocycles. The van der Waals surface area contributed by atoms with Gasteiger partial charge in [-0.25, -0.2) is 9.78 Å². The maximum Gasteiger partial charge on any atom is 0.350 e. The average Bonchev–Trinajstić information content (AvgIpc) is 3.14. The molecule has 0 radical (unpaired) electrons. The molecule has 5 nitrogen and oxygen atoms in total. The van der Waals surface area contributed by atoms with Crippen LogP contribution < -0.4 is 5.32 Å². The number of anilines is 1. The van der Waals surface area contributed by atoms with Crippen LogP contribution in [-0.2, 0) is 9.53 Å². The number of aromatic nitrogens is 1. The second-order valence-electron chi connectivity index (χ2n) is 8.47. The summed E-state index contributed by atoms with van der Waals surface area (Å²) in [5.74, 6) is -0.281. The van der Waals surface area contributed by atoms with Gasteiger partial charge < -0.3 is 10.1 Å². The Bertz CT molecular complexity index is 1150. The van der Waals surface area contributed by atoms with E-state index in [1.807, 2.05) is 0 Å². The predicted molar refractivity (Wildman–Crippen MR) is 121 cm³/mol. The Morgan fingerprint density at radius 1 is 1.10 bits per heavy atom. The number of nitrogens with one attached hydrogen (secondary N) is 1. The van der Waals surface area contributed by atoms with Crippen molar-refractivity contribution in [2.24, 2.45) is 5.41 Å². The lowest BCUT2D eigenvalue weighted by atomic mass is 9.52. The summed E-state index contributed by atoms with van der Waals surface area (Å²) in [4.78, 5) is 30.6. The number of amides is 1. The molecule has 1 heterocycles. The van der Waals surface area contributed by atoms with Crippen molar-refractivity contribution in [3.05, 3.63) is 81.4 Å². The van der Waals surface area contributed by atoms with E-state index >= 15 is 0 Å². The van der Waals surface area contributed by atoms with E-state index < -0.39 is 11.4 Å². The Kier molecular flexibility index (Phi) is 4.70. The number of carbonyl (C=O) groups excluding carboxylic acids is 2. The van der Waals surface area contributed by atoms with E-state index in [4.69, 9.17) is 4.74 Å². The van der Waals surface area contributed by atoms with Crippen LogP contribution in [0.15, 0.2) is 48.5 Å². The van der Waals surface area contributed by atoms with Gasteiger partial charge in [0.2, 0.25) is 5.91 Å². The summed E-state index contributed by atoms with van der Waals surface area (Å²) in [6.45, 7) is 5.89. The normalized spacial score (nSPS) is 23.1. The number of ether oxygens (including phenoxy) is 1. The van der Waals surface area contributed by atoms with Crippen molar-refractivity contribution in [2.75, 3.05) is 11.9 Å². The van der Waals surface area contributed by atoms with E-state index in [0.717, 1.165) is 6.42 Å². The van der Waals surface area contributed by atoms with Crippen molar-refractivity contribution < 1.29 is 14.3 Å². The molecule has 0 saturated heterocycles. The van der Waals surface area contributed by atoms with Crippen LogP contribution in [0.25, 0.3) is 0 Å². The Hall–Kier alpha value is -2.99. The van der Waals surface area contributed by atoms with Crippen molar-refractivity contribution in [2.45, 2.75) is 39.0 Å². The molecule has 3 aromatic rings. The SMILES string of the molecule is CCOC(=O)c1sc(NC(=O)C2(C)CC3c4ccccc4C2c2ccccc23)nc1C. The van der Waals surface area contributed by atoms with E-state index in [2.05, 4.69) is 65.8 Å². The molecule has 1 N–H and O–H groups in total. The molecule has 6 heteroatoms. The summed E-state index contributed by atoms with van der Waals surface area (Å²) >= 11 is 1.17. The van der Waals surface area contributed by atoms with Gasteiger partial charge in [-0.15, -0.1) is 0 Å². The summed E-state index contributed by atoms with van der Waals surface area (Å²) in [5, 5.41) is 3.46. The summed E-state index contributed by atoms with van der Waals surface area (Å²) in [7, 11) is 0. The minimum absolute atomic E-state index is 0.0181. The molecular weight excluding hydrogens is 408 g/mol. The van der Waals surface area contributed by atoms with Crippen LogP contribution >= 0.6 is 11.3 Å². The van der Waals surface area contributed by atoms with Gasteiger partial charge in [0.25, 0.3) is 0 Å². The van der Waals surface area contributed by atoms with E-state index in [0.29, 0.717) is 22.3 Å². The predicted octanol–water partition coefficient (Wildman–Crippen LogP) is 5.25. The third-order valence-corrected chi connectivity index (χ3v) is 7.68. The van der Waals surface area contributed by atoms with Gasteiger partial charge in [-0.3, -0.25) is 4.79 Å². The van der Waals surface area contributed by atoms with Crippen LogP contribution in [-0.4, -0.2) is 23.5 Å². The number of aryl methyl sites for hydroxylation is 1. The van der Waals surface area contributed by atoms with Crippen LogP contribution in [0.1, 0.15) is 69.7 Å². The Morgan fingerprint density at radius 3 is 2.26 bits per heavy atom. The first-order valence-electron chi connectivity index (χ1n) is 10.6. The van der Waals surface area contributed by atoms with E-state index in [9.17, 15) is 9.59 Å². The van der Waals surface area contributed by atoms with Gasteiger partial charge in [0.15, 0.2) is 5.13 Å². The number of nitrogens with zero attached hydrogens (tertiary/aromatic N) is 1. The zero-order chi connectivity index (χ0) is 21.8. The Balaban J connectivity index is 1.51. The molecular formula is C25H24N2O3S. The van der Waals surface area contributed by atoms with Gasteiger partial charge in [0.05, 0.1) is 17.7 Å². The molecule has 6 rings (SSSR count). The topological polar surface area (TPSA) is 68.3 Å². The Morgan fingerprint density at radius 2 is 1.68 bits per heavy atom. The van der Waals surface area contributed by atoms with E-state index in [1.54, 1.807) is 13.8 Å². The largest absolute Gasteiger partial charge is 0.462 e. The molecule has 1 aromatic heterocycles. The highest BCUT2D eigenvalue weighted by molar-refractivity contribution is 7.17. The van der Waals surface area contributed by atoms with Crippen molar-refractivity contribution in [1.82, 2.24) is 4.98 Å². The van der Waals surface area contributed by atoms with Gasteiger partial charge in [0, 0.05) is 11.8 Å². The zero-order valence-corrected chi connectivity index (χ0v) is 18.6. The second kappa shape index (κ2) is 7.31. The monoisotopic (exact) mass is 432 g/mol. The van der Waals surface area contributed by atoms with Crippen molar-refractivity contribution in [1.29, 1.82) is 0 Å². The van der Waals surface area contributed by atoms with Gasteiger partial charge in [-0.2, -0.15) is 0 Å². The molecule has 1 atom stereocenters. The number of fused-ring (bicyclic) bond motifs is 1. The zero-order valence-electron chi connectivity index (χ0n) is 17.8. The van der Waals surface area contributed by atoms with Crippen LogP contribution in [0, 0.1) is 12.3 Å². The first-order valence-corrected chi connectivity index (χ1v) is 11.4. The number of benzene rings is 2. The number of rotatable bonds is 4. The molecule has 2 aromatic carbocycles. The summed E-state index contributed by atoms with van der Waals surface area (Å²) < 4.78 is 5.10. The third kappa shape index (κ3) is 3.00. The maximum atomic E-state index is 13.7.